The zero-order valence-corrected chi connectivity index (χ0v) is 22.2. The minimum Gasteiger partial charge on any atom is -0.314 e. The number of piperidine rings is 1. The van der Waals surface area contributed by atoms with E-state index < -0.39 is 0 Å². The number of benzene rings is 2. The summed E-state index contributed by atoms with van der Waals surface area (Å²) in [6.07, 6.45) is 4.64. The van der Waals surface area contributed by atoms with Crippen molar-refractivity contribution in [1.29, 1.82) is 0 Å². The maximum atomic E-state index is 13.4. The molecule has 0 aliphatic carbocycles. The molecular formula is C30H30FN5OS. The van der Waals surface area contributed by atoms with Crippen molar-refractivity contribution in [2.24, 2.45) is 0 Å². The second kappa shape index (κ2) is 10.7. The van der Waals surface area contributed by atoms with Gasteiger partial charge in [0.2, 0.25) is 0 Å². The second-order valence-electron chi connectivity index (χ2n) is 9.91. The van der Waals surface area contributed by atoms with Gasteiger partial charge >= 0.3 is 0 Å². The van der Waals surface area contributed by atoms with E-state index in [-0.39, 0.29) is 11.4 Å². The highest BCUT2D eigenvalue weighted by molar-refractivity contribution is 7.99. The standard InChI is InChI=1S/C30H30FN5OS/c1-21-25(29(37)35-16-5-4-8-28(35)32-21)15-19-34-17-13-24(14-18-34)38-30-33-26-6-2-3-7-27(26)36(30)20-22-9-11-23(31)12-10-22/h2-12,16,24H,13-15,17-20H2,1H3. The van der Waals surface area contributed by atoms with E-state index in [4.69, 9.17) is 4.98 Å². The van der Waals surface area contributed by atoms with Gasteiger partial charge in [-0.3, -0.25) is 9.20 Å². The molecule has 6 rings (SSSR count). The zero-order chi connectivity index (χ0) is 26.1. The summed E-state index contributed by atoms with van der Waals surface area (Å²) in [5, 5.41) is 1.49. The number of para-hydroxylation sites is 2. The summed E-state index contributed by atoms with van der Waals surface area (Å²) in [6.45, 7) is 5.45. The van der Waals surface area contributed by atoms with Gasteiger partial charge in [0.1, 0.15) is 11.5 Å². The van der Waals surface area contributed by atoms with Crippen molar-refractivity contribution in [1.82, 2.24) is 23.8 Å². The molecule has 1 saturated heterocycles. The van der Waals surface area contributed by atoms with Crippen LogP contribution in [0, 0.1) is 12.7 Å². The fraction of sp³-hybridized carbons (Fsp3) is 0.300. The molecule has 4 heterocycles. The maximum absolute atomic E-state index is 13.4. The van der Waals surface area contributed by atoms with E-state index in [1.54, 1.807) is 10.6 Å². The third-order valence-electron chi connectivity index (χ3n) is 7.39. The van der Waals surface area contributed by atoms with E-state index in [0.717, 1.165) is 65.5 Å². The third kappa shape index (κ3) is 5.11. The van der Waals surface area contributed by atoms with Gasteiger partial charge in [0.15, 0.2) is 5.16 Å². The highest BCUT2D eigenvalue weighted by Gasteiger charge is 2.23. The van der Waals surface area contributed by atoms with Gasteiger partial charge < -0.3 is 9.47 Å². The minimum absolute atomic E-state index is 0.0404. The Hall–Kier alpha value is -3.49. The first kappa shape index (κ1) is 24.8. The van der Waals surface area contributed by atoms with Crippen LogP contribution in [0.25, 0.3) is 16.7 Å². The van der Waals surface area contributed by atoms with Gasteiger partial charge in [-0.15, -0.1) is 0 Å². The van der Waals surface area contributed by atoms with Crippen molar-refractivity contribution in [3.05, 3.63) is 106 Å². The number of nitrogens with zero attached hydrogens (tertiary/aromatic N) is 5. The second-order valence-corrected chi connectivity index (χ2v) is 11.2. The highest BCUT2D eigenvalue weighted by Crippen LogP contribution is 2.33. The molecule has 3 aromatic heterocycles. The first-order valence-corrected chi connectivity index (χ1v) is 14.0. The number of hydrogen-bond acceptors (Lipinski definition) is 5. The normalized spacial score (nSPS) is 15.0. The summed E-state index contributed by atoms with van der Waals surface area (Å²) in [5.74, 6) is -0.220. The average molecular weight is 528 g/mol. The number of likely N-dealkylation sites (tertiary alicyclic amines) is 1. The zero-order valence-electron chi connectivity index (χ0n) is 21.4. The number of halogens is 1. The molecule has 2 aromatic carbocycles. The smallest absolute Gasteiger partial charge is 0.261 e. The highest BCUT2D eigenvalue weighted by atomic mass is 32.2. The van der Waals surface area contributed by atoms with E-state index >= 15 is 0 Å². The molecule has 0 radical (unpaired) electrons. The predicted molar refractivity (Wildman–Crippen MR) is 150 cm³/mol. The van der Waals surface area contributed by atoms with Gasteiger partial charge in [-0.2, -0.15) is 0 Å². The number of aromatic nitrogens is 4. The molecule has 0 amide bonds. The number of aryl methyl sites for hydroxylation is 1. The van der Waals surface area contributed by atoms with Crippen LogP contribution in [0.15, 0.2) is 82.9 Å². The molecule has 0 saturated carbocycles. The van der Waals surface area contributed by atoms with Crippen molar-refractivity contribution < 1.29 is 4.39 Å². The number of imidazole rings is 1. The summed E-state index contributed by atoms with van der Waals surface area (Å²) >= 11 is 1.85. The molecule has 0 unspecified atom stereocenters. The minimum atomic E-state index is -0.220. The Bertz CT molecular complexity index is 1640. The Morgan fingerprint density at radius 2 is 1.74 bits per heavy atom. The van der Waals surface area contributed by atoms with Gasteiger partial charge in [0.05, 0.1) is 17.6 Å². The van der Waals surface area contributed by atoms with Crippen LogP contribution in [0.1, 0.15) is 29.7 Å². The van der Waals surface area contributed by atoms with Crippen molar-refractivity contribution >= 4 is 28.4 Å². The molecule has 0 spiro atoms. The molecule has 38 heavy (non-hydrogen) atoms. The fourth-order valence-electron chi connectivity index (χ4n) is 5.26. The molecule has 5 aromatic rings. The van der Waals surface area contributed by atoms with Crippen molar-refractivity contribution in [3.63, 3.8) is 0 Å². The van der Waals surface area contributed by atoms with Gasteiger partial charge in [-0.25, -0.2) is 14.4 Å². The summed E-state index contributed by atoms with van der Waals surface area (Å²) in [6, 6.07) is 20.6. The van der Waals surface area contributed by atoms with Crippen LogP contribution in [-0.2, 0) is 13.0 Å². The number of hydrogen-bond donors (Lipinski definition) is 0. The van der Waals surface area contributed by atoms with E-state index in [2.05, 4.69) is 26.6 Å². The number of fused-ring (bicyclic) bond motifs is 2. The molecule has 0 atom stereocenters. The summed E-state index contributed by atoms with van der Waals surface area (Å²) in [5.41, 5.74) is 5.51. The van der Waals surface area contributed by atoms with Gasteiger partial charge in [-0.05, 0) is 81.2 Å². The SMILES string of the molecule is Cc1nc2ccccn2c(=O)c1CCN1CCC(Sc2nc3ccccc3n2Cc2ccc(F)cc2)CC1. The Labute approximate surface area is 225 Å². The van der Waals surface area contributed by atoms with E-state index in [1.165, 1.54) is 12.1 Å². The number of thioether (sulfide) groups is 1. The lowest BCUT2D eigenvalue weighted by Gasteiger charge is -2.31. The predicted octanol–water partition coefficient (Wildman–Crippen LogP) is 5.34. The van der Waals surface area contributed by atoms with Crippen LogP contribution < -0.4 is 5.56 Å². The first-order valence-electron chi connectivity index (χ1n) is 13.1. The van der Waals surface area contributed by atoms with Gasteiger partial charge in [0, 0.05) is 29.2 Å². The third-order valence-corrected chi connectivity index (χ3v) is 8.72. The lowest BCUT2D eigenvalue weighted by Crippen LogP contribution is -2.37. The fourth-order valence-corrected chi connectivity index (χ4v) is 6.45. The average Bonchev–Trinajstić information content (AvgIpc) is 3.27. The maximum Gasteiger partial charge on any atom is 0.261 e. The summed E-state index contributed by atoms with van der Waals surface area (Å²) in [7, 11) is 0. The van der Waals surface area contributed by atoms with Crippen LogP contribution >= 0.6 is 11.8 Å². The number of pyridine rings is 1. The van der Waals surface area contributed by atoms with Crippen molar-refractivity contribution in [2.45, 2.75) is 43.1 Å². The Balaban J connectivity index is 1.11. The van der Waals surface area contributed by atoms with Crippen LogP contribution in [0.3, 0.4) is 0 Å². The van der Waals surface area contributed by atoms with E-state index in [9.17, 15) is 9.18 Å². The van der Waals surface area contributed by atoms with Crippen LogP contribution in [0.4, 0.5) is 4.39 Å². The molecule has 6 nitrogen and oxygen atoms in total. The Morgan fingerprint density at radius 3 is 2.55 bits per heavy atom. The molecule has 194 valence electrons. The van der Waals surface area contributed by atoms with Gasteiger partial charge in [0.25, 0.3) is 5.56 Å². The molecule has 0 bridgehead atoms. The van der Waals surface area contributed by atoms with E-state index in [0.29, 0.717) is 23.9 Å². The van der Waals surface area contributed by atoms with Gasteiger partial charge in [-0.1, -0.05) is 42.1 Å². The lowest BCUT2D eigenvalue weighted by atomic mass is 10.1. The largest absolute Gasteiger partial charge is 0.314 e. The van der Waals surface area contributed by atoms with Crippen molar-refractivity contribution in [2.75, 3.05) is 19.6 Å². The summed E-state index contributed by atoms with van der Waals surface area (Å²) < 4.78 is 17.3. The number of rotatable bonds is 7. The van der Waals surface area contributed by atoms with E-state index in [1.807, 2.05) is 61.2 Å². The summed E-state index contributed by atoms with van der Waals surface area (Å²) in [4.78, 5) is 25.0. The lowest BCUT2D eigenvalue weighted by molar-refractivity contribution is 0.235. The Kier molecular flexibility index (Phi) is 7.00. The molecular weight excluding hydrogens is 497 g/mol. The topological polar surface area (TPSA) is 55.4 Å². The molecule has 1 fully saturated rings. The van der Waals surface area contributed by atoms with Crippen LogP contribution in [0.5, 0.6) is 0 Å². The molecule has 8 heteroatoms. The monoisotopic (exact) mass is 527 g/mol. The Morgan fingerprint density at radius 1 is 0.974 bits per heavy atom. The quantitative estimate of drug-likeness (QED) is 0.286. The first-order chi connectivity index (χ1) is 18.5. The van der Waals surface area contributed by atoms with Crippen molar-refractivity contribution in [3.8, 4) is 0 Å². The van der Waals surface area contributed by atoms with Crippen LogP contribution in [-0.4, -0.2) is 48.7 Å². The molecule has 1 aliphatic heterocycles. The van der Waals surface area contributed by atoms with Crippen LogP contribution in [0.2, 0.25) is 0 Å². The molecule has 1 aliphatic rings. The molecule has 0 N–H and O–H groups in total.